The van der Waals surface area contributed by atoms with Crippen LogP contribution in [-0.4, -0.2) is 42.6 Å². The molecule has 6 nitrogen and oxygen atoms in total. The molecule has 3 N–H and O–H groups in total. The maximum Gasteiger partial charge on any atom is 0.409 e. The van der Waals surface area contributed by atoms with Crippen LogP contribution in [0.5, 0.6) is 5.75 Å². The summed E-state index contributed by atoms with van der Waals surface area (Å²) in [5.41, 5.74) is 10.7. The molecule has 2 amide bonds. The lowest BCUT2D eigenvalue weighted by atomic mass is 9.87. The van der Waals surface area contributed by atoms with Gasteiger partial charge in [-0.2, -0.15) is 0 Å². The molecule has 0 fully saturated rings. The number of carbonyl (C=O) groups is 2. The van der Waals surface area contributed by atoms with Gasteiger partial charge in [0.15, 0.2) is 0 Å². The summed E-state index contributed by atoms with van der Waals surface area (Å²) in [6.07, 6.45) is 5.38. The average Bonchev–Trinajstić information content (AvgIpc) is 2.92. The minimum absolute atomic E-state index is 0.0251. The summed E-state index contributed by atoms with van der Waals surface area (Å²) < 4.78 is 5.08. The molecule has 1 atom stereocenters. The number of rotatable bonds is 11. The van der Waals surface area contributed by atoms with Gasteiger partial charge in [-0.3, -0.25) is 4.79 Å². The molecule has 0 heterocycles. The van der Waals surface area contributed by atoms with Crippen LogP contribution in [0.1, 0.15) is 54.1 Å². The quantitative estimate of drug-likeness (QED) is 0.337. The van der Waals surface area contributed by atoms with Gasteiger partial charge in [-0.05, 0) is 98.1 Å². The SMILES string of the molecule is CCCN(CCCCNC(=O)c1ccc(-c2ccccc2)cc1)[C@@H]1CCc2ccc(OC(N)=O)cc2C1. The number of carbonyl (C=O) groups excluding carboxylic acids is 2. The Morgan fingerprint density at radius 2 is 1.70 bits per heavy atom. The van der Waals surface area contributed by atoms with Crippen molar-refractivity contribution in [3.8, 4) is 16.9 Å². The number of hydrogen-bond donors (Lipinski definition) is 2. The summed E-state index contributed by atoms with van der Waals surface area (Å²) >= 11 is 0. The molecule has 0 radical (unpaired) electrons. The van der Waals surface area contributed by atoms with E-state index in [-0.39, 0.29) is 5.91 Å². The molecule has 1 aliphatic rings. The molecule has 0 bridgehead atoms. The third-order valence-corrected chi connectivity index (χ3v) is 7.04. The third kappa shape index (κ3) is 7.43. The van der Waals surface area contributed by atoms with Gasteiger partial charge in [0.2, 0.25) is 0 Å². The highest BCUT2D eigenvalue weighted by atomic mass is 16.5. The number of aryl methyl sites for hydroxylation is 1. The van der Waals surface area contributed by atoms with Gasteiger partial charge in [-0.25, -0.2) is 4.79 Å². The average molecular weight is 500 g/mol. The van der Waals surface area contributed by atoms with Crippen LogP contribution in [0.2, 0.25) is 0 Å². The highest BCUT2D eigenvalue weighted by molar-refractivity contribution is 5.94. The van der Waals surface area contributed by atoms with Crippen molar-refractivity contribution in [2.45, 2.75) is 51.5 Å². The molecule has 0 unspecified atom stereocenters. The summed E-state index contributed by atoms with van der Waals surface area (Å²) in [5.74, 6) is 0.488. The van der Waals surface area contributed by atoms with Crippen molar-refractivity contribution in [1.29, 1.82) is 0 Å². The molecule has 194 valence electrons. The molecule has 37 heavy (non-hydrogen) atoms. The number of ether oxygens (including phenoxy) is 1. The van der Waals surface area contributed by atoms with Gasteiger partial charge in [0, 0.05) is 18.2 Å². The third-order valence-electron chi connectivity index (χ3n) is 7.04. The Bertz CT molecular complexity index is 1180. The van der Waals surface area contributed by atoms with Crippen LogP contribution < -0.4 is 15.8 Å². The van der Waals surface area contributed by atoms with Crippen LogP contribution in [-0.2, 0) is 12.8 Å². The van der Waals surface area contributed by atoms with E-state index in [1.165, 1.54) is 11.1 Å². The minimum Gasteiger partial charge on any atom is -0.410 e. The molecule has 0 spiro atoms. The van der Waals surface area contributed by atoms with Gasteiger partial charge in [0.05, 0.1) is 0 Å². The fourth-order valence-electron chi connectivity index (χ4n) is 5.16. The Kier molecular flexibility index (Phi) is 9.33. The molecule has 0 saturated heterocycles. The number of nitrogens with one attached hydrogen (secondary N) is 1. The number of fused-ring (bicyclic) bond motifs is 1. The standard InChI is InChI=1S/C31H37N3O3/c1-2-19-34(28-16-14-25-15-17-29(37-31(32)36)22-27(25)21-28)20-7-6-18-33-30(35)26-12-10-24(11-13-26)23-8-4-3-5-9-23/h3-5,8-13,15,17,22,28H,2,6-7,14,16,18-21H2,1H3,(H2,32,36)(H,33,35)/t28-/m1/s1. The highest BCUT2D eigenvalue weighted by Gasteiger charge is 2.24. The molecule has 0 saturated carbocycles. The van der Waals surface area contributed by atoms with Crippen LogP contribution in [0.25, 0.3) is 11.1 Å². The highest BCUT2D eigenvalue weighted by Crippen LogP contribution is 2.28. The van der Waals surface area contributed by atoms with Crippen LogP contribution in [0, 0.1) is 0 Å². The van der Waals surface area contributed by atoms with Gasteiger partial charge >= 0.3 is 6.09 Å². The minimum atomic E-state index is -0.781. The fourth-order valence-corrected chi connectivity index (χ4v) is 5.16. The summed E-state index contributed by atoms with van der Waals surface area (Å²) in [6, 6.07) is 24.2. The van der Waals surface area contributed by atoms with Crippen molar-refractivity contribution < 1.29 is 14.3 Å². The van der Waals surface area contributed by atoms with Gasteiger partial charge in [-0.1, -0.05) is 55.5 Å². The van der Waals surface area contributed by atoms with Crippen molar-refractivity contribution in [2.75, 3.05) is 19.6 Å². The van der Waals surface area contributed by atoms with Gasteiger partial charge in [-0.15, -0.1) is 0 Å². The maximum atomic E-state index is 12.6. The van der Waals surface area contributed by atoms with E-state index < -0.39 is 6.09 Å². The number of nitrogens with zero attached hydrogens (tertiary/aromatic N) is 1. The van der Waals surface area contributed by atoms with Crippen molar-refractivity contribution in [3.05, 3.63) is 89.5 Å². The van der Waals surface area contributed by atoms with E-state index in [4.69, 9.17) is 10.5 Å². The van der Waals surface area contributed by atoms with Crippen molar-refractivity contribution in [3.63, 3.8) is 0 Å². The van der Waals surface area contributed by atoms with E-state index >= 15 is 0 Å². The lowest BCUT2D eigenvalue weighted by Gasteiger charge is -2.35. The number of hydrogen-bond acceptors (Lipinski definition) is 4. The summed E-state index contributed by atoms with van der Waals surface area (Å²) in [5, 5.41) is 3.07. The molecule has 0 aromatic heterocycles. The van der Waals surface area contributed by atoms with E-state index in [0.717, 1.165) is 62.7 Å². The van der Waals surface area contributed by atoms with Crippen molar-refractivity contribution in [2.24, 2.45) is 5.73 Å². The van der Waals surface area contributed by atoms with Crippen molar-refractivity contribution in [1.82, 2.24) is 10.2 Å². The molecule has 3 aromatic carbocycles. The number of amides is 2. The predicted molar refractivity (Wildman–Crippen MR) is 148 cm³/mol. The monoisotopic (exact) mass is 499 g/mol. The smallest absolute Gasteiger partial charge is 0.409 e. The Morgan fingerprint density at radius 3 is 2.43 bits per heavy atom. The Labute approximate surface area is 219 Å². The first-order valence-electron chi connectivity index (χ1n) is 13.3. The number of primary amides is 1. The second kappa shape index (κ2) is 13.1. The lowest BCUT2D eigenvalue weighted by Crippen LogP contribution is -2.40. The lowest BCUT2D eigenvalue weighted by molar-refractivity contribution is 0.0952. The first-order valence-corrected chi connectivity index (χ1v) is 13.3. The topological polar surface area (TPSA) is 84.7 Å². The number of unbranched alkanes of at least 4 members (excludes halogenated alkanes) is 1. The summed E-state index contributed by atoms with van der Waals surface area (Å²) in [4.78, 5) is 26.3. The molecule has 1 aliphatic carbocycles. The van der Waals surface area contributed by atoms with Gasteiger partial charge < -0.3 is 20.7 Å². The second-order valence-electron chi connectivity index (χ2n) is 9.69. The van der Waals surface area contributed by atoms with Crippen molar-refractivity contribution >= 4 is 12.0 Å². The van der Waals surface area contributed by atoms with Crippen LogP contribution in [0.4, 0.5) is 4.79 Å². The van der Waals surface area contributed by atoms with E-state index in [2.05, 4.69) is 29.3 Å². The van der Waals surface area contributed by atoms with E-state index in [1.54, 1.807) is 0 Å². The molecule has 4 rings (SSSR count). The van der Waals surface area contributed by atoms with Crippen LogP contribution in [0.15, 0.2) is 72.8 Å². The van der Waals surface area contributed by atoms with E-state index in [9.17, 15) is 9.59 Å². The zero-order valence-electron chi connectivity index (χ0n) is 21.6. The molecule has 6 heteroatoms. The molecular weight excluding hydrogens is 462 g/mol. The summed E-state index contributed by atoms with van der Waals surface area (Å²) in [7, 11) is 0. The van der Waals surface area contributed by atoms with Crippen LogP contribution >= 0.6 is 0 Å². The Hall–Kier alpha value is -3.64. The first kappa shape index (κ1) is 26.4. The second-order valence-corrected chi connectivity index (χ2v) is 9.69. The van der Waals surface area contributed by atoms with E-state index in [0.29, 0.717) is 23.9 Å². The summed E-state index contributed by atoms with van der Waals surface area (Å²) in [6.45, 7) is 4.94. The number of nitrogens with two attached hydrogens (primary N) is 1. The van der Waals surface area contributed by atoms with Crippen LogP contribution in [0.3, 0.4) is 0 Å². The molecule has 3 aromatic rings. The zero-order chi connectivity index (χ0) is 26.0. The van der Waals surface area contributed by atoms with Gasteiger partial charge in [0.25, 0.3) is 5.91 Å². The zero-order valence-corrected chi connectivity index (χ0v) is 21.6. The first-order chi connectivity index (χ1) is 18.0. The van der Waals surface area contributed by atoms with Gasteiger partial charge in [0.1, 0.15) is 5.75 Å². The Balaban J connectivity index is 1.23. The van der Waals surface area contributed by atoms with E-state index in [1.807, 2.05) is 60.7 Å². The maximum absolute atomic E-state index is 12.6. The normalized spacial score (nSPS) is 14.7. The molecular formula is C31H37N3O3. The largest absolute Gasteiger partial charge is 0.410 e. The molecule has 0 aliphatic heterocycles. The number of benzene rings is 3. The predicted octanol–water partition coefficient (Wildman–Crippen LogP) is 5.59. The fraction of sp³-hybridized carbons (Fsp3) is 0.355. The Morgan fingerprint density at radius 1 is 0.946 bits per heavy atom.